The molecule has 0 aliphatic carbocycles. The van der Waals surface area contributed by atoms with Gasteiger partial charge in [-0.1, -0.05) is 48.9 Å². The van der Waals surface area contributed by atoms with E-state index in [2.05, 4.69) is 5.32 Å². The SMILES string of the molecule is CC[C@H](Oc1cccc(C)c1)C(=O)NCc1ccccc1Cl. The van der Waals surface area contributed by atoms with Crippen molar-refractivity contribution in [3.63, 3.8) is 0 Å². The smallest absolute Gasteiger partial charge is 0.261 e. The van der Waals surface area contributed by atoms with Crippen molar-refractivity contribution in [1.29, 1.82) is 0 Å². The molecule has 2 rings (SSSR count). The van der Waals surface area contributed by atoms with Gasteiger partial charge in [-0.3, -0.25) is 4.79 Å². The summed E-state index contributed by atoms with van der Waals surface area (Å²) in [6.45, 7) is 4.31. The van der Waals surface area contributed by atoms with Crippen LogP contribution in [0.1, 0.15) is 24.5 Å². The minimum absolute atomic E-state index is 0.135. The van der Waals surface area contributed by atoms with Crippen LogP contribution in [0.25, 0.3) is 0 Å². The summed E-state index contributed by atoms with van der Waals surface area (Å²) in [7, 11) is 0. The van der Waals surface area contributed by atoms with Crippen LogP contribution in [-0.2, 0) is 11.3 Å². The lowest BCUT2D eigenvalue weighted by molar-refractivity contribution is -0.128. The number of benzene rings is 2. The van der Waals surface area contributed by atoms with Gasteiger partial charge in [-0.25, -0.2) is 0 Å². The summed E-state index contributed by atoms with van der Waals surface area (Å²) < 4.78 is 5.78. The van der Waals surface area contributed by atoms with Crippen molar-refractivity contribution in [1.82, 2.24) is 5.32 Å². The third kappa shape index (κ3) is 4.50. The number of hydrogen-bond acceptors (Lipinski definition) is 2. The number of rotatable bonds is 6. The standard InChI is InChI=1S/C18H20ClNO2/c1-3-17(22-15-9-6-7-13(2)11-15)18(21)20-12-14-8-4-5-10-16(14)19/h4-11,17H,3,12H2,1-2H3,(H,20,21)/t17-/m0/s1. The van der Waals surface area contributed by atoms with Crippen LogP contribution < -0.4 is 10.1 Å². The van der Waals surface area contributed by atoms with Crippen LogP contribution in [0.2, 0.25) is 5.02 Å². The highest BCUT2D eigenvalue weighted by molar-refractivity contribution is 6.31. The average molecular weight is 318 g/mol. The Bertz CT molecular complexity index is 642. The van der Waals surface area contributed by atoms with E-state index in [0.717, 1.165) is 11.1 Å². The molecule has 0 saturated carbocycles. The predicted octanol–water partition coefficient (Wildman–Crippen LogP) is 4.12. The monoisotopic (exact) mass is 317 g/mol. The van der Waals surface area contributed by atoms with Gasteiger partial charge in [0, 0.05) is 11.6 Å². The lowest BCUT2D eigenvalue weighted by Crippen LogP contribution is -2.37. The Morgan fingerprint density at radius 3 is 2.68 bits per heavy atom. The van der Waals surface area contributed by atoms with Gasteiger partial charge in [0.15, 0.2) is 6.10 Å². The molecule has 0 spiro atoms. The van der Waals surface area contributed by atoms with Crippen molar-refractivity contribution < 1.29 is 9.53 Å². The van der Waals surface area contributed by atoms with E-state index < -0.39 is 6.10 Å². The fourth-order valence-corrected chi connectivity index (χ4v) is 2.32. The quantitative estimate of drug-likeness (QED) is 0.870. The van der Waals surface area contributed by atoms with Gasteiger partial charge in [0.05, 0.1) is 0 Å². The summed E-state index contributed by atoms with van der Waals surface area (Å²) in [6.07, 6.45) is 0.0896. The Labute approximate surface area is 136 Å². The maximum atomic E-state index is 12.3. The summed E-state index contributed by atoms with van der Waals surface area (Å²) in [5.41, 5.74) is 1.99. The van der Waals surface area contributed by atoms with Crippen LogP contribution in [0, 0.1) is 6.92 Å². The van der Waals surface area contributed by atoms with Gasteiger partial charge in [-0.05, 0) is 42.7 Å². The molecule has 116 valence electrons. The van der Waals surface area contributed by atoms with E-state index in [-0.39, 0.29) is 5.91 Å². The van der Waals surface area contributed by atoms with Crippen LogP contribution in [0.3, 0.4) is 0 Å². The van der Waals surface area contributed by atoms with Crippen LogP contribution in [0.4, 0.5) is 0 Å². The molecule has 0 fully saturated rings. The van der Waals surface area contributed by atoms with E-state index in [1.807, 2.05) is 62.4 Å². The van der Waals surface area contributed by atoms with Crippen molar-refractivity contribution in [3.05, 3.63) is 64.7 Å². The topological polar surface area (TPSA) is 38.3 Å². The van der Waals surface area contributed by atoms with Gasteiger partial charge in [0.25, 0.3) is 5.91 Å². The van der Waals surface area contributed by atoms with E-state index in [9.17, 15) is 4.79 Å². The summed E-state index contributed by atoms with van der Waals surface area (Å²) in [5, 5.41) is 3.53. The number of carbonyl (C=O) groups is 1. The Balaban J connectivity index is 1.96. The van der Waals surface area contributed by atoms with E-state index in [4.69, 9.17) is 16.3 Å². The molecule has 3 nitrogen and oxygen atoms in total. The van der Waals surface area contributed by atoms with E-state index in [1.165, 1.54) is 0 Å². The third-order valence-electron chi connectivity index (χ3n) is 3.34. The highest BCUT2D eigenvalue weighted by atomic mass is 35.5. The maximum absolute atomic E-state index is 12.3. The zero-order valence-corrected chi connectivity index (χ0v) is 13.6. The molecular weight excluding hydrogens is 298 g/mol. The lowest BCUT2D eigenvalue weighted by atomic mass is 10.2. The molecular formula is C18H20ClNO2. The number of halogens is 1. The Hall–Kier alpha value is -2.00. The van der Waals surface area contributed by atoms with E-state index in [0.29, 0.717) is 23.7 Å². The summed E-state index contributed by atoms with van der Waals surface area (Å²) in [6, 6.07) is 15.1. The Kier molecular flexibility index (Phi) is 5.84. The molecule has 1 atom stereocenters. The number of aryl methyl sites for hydroxylation is 1. The number of nitrogens with one attached hydrogen (secondary N) is 1. The zero-order valence-electron chi connectivity index (χ0n) is 12.8. The molecule has 2 aromatic rings. The molecule has 0 aliphatic heterocycles. The molecule has 0 radical (unpaired) electrons. The van der Waals surface area contributed by atoms with Gasteiger partial charge < -0.3 is 10.1 Å². The van der Waals surface area contributed by atoms with E-state index >= 15 is 0 Å². The first-order valence-electron chi connectivity index (χ1n) is 7.34. The number of carbonyl (C=O) groups excluding carboxylic acids is 1. The first kappa shape index (κ1) is 16.4. The number of amides is 1. The predicted molar refractivity (Wildman–Crippen MR) is 89.2 cm³/mol. The van der Waals surface area contributed by atoms with Crippen molar-refractivity contribution in [2.24, 2.45) is 0 Å². The molecule has 4 heteroatoms. The molecule has 0 saturated heterocycles. The van der Waals surface area contributed by atoms with Crippen molar-refractivity contribution in [2.75, 3.05) is 0 Å². The zero-order chi connectivity index (χ0) is 15.9. The summed E-state index contributed by atoms with van der Waals surface area (Å²) in [5.74, 6) is 0.573. The first-order chi connectivity index (χ1) is 10.6. The number of ether oxygens (including phenoxy) is 1. The third-order valence-corrected chi connectivity index (χ3v) is 3.71. The van der Waals surface area contributed by atoms with Crippen molar-refractivity contribution in [2.45, 2.75) is 32.9 Å². The van der Waals surface area contributed by atoms with Gasteiger partial charge in [0.2, 0.25) is 0 Å². The molecule has 1 amide bonds. The first-order valence-corrected chi connectivity index (χ1v) is 7.72. The fourth-order valence-electron chi connectivity index (χ4n) is 2.11. The van der Waals surface area contributed by atoms with Gasteiger partial charge in [0.1, 0.15) is 5.75 Å². The van der Waals surface area contributed by atoms with Crippen LogP contribution >= 0.6 is 11.6 Å². The van der Waals surface area contributed by atoms with Gasteiger partial charge in [-0.15, -0.1) is 0 Å². The molecule has 1 N–H and O–H groups in total. The highest BCUT2D eigenvalue weighted by Crippen LogP contribution is 2.17. The highest BCUT2D eigenvalue weighted by Gasteiger charge is 2.18. The van der Waals surface area contributed by atoms with Crippen molar-refractivity contribution >= 4 is 17.5 Å². The largest absolute Gasteiger partial charge is 0.481 e. The molecule has 22 heavy (non-hydrogen) atoms. The normalized spacial score (nSPS) is 11.8. The van der Waals surface area contributed by atoms with Crippen LogP contribution in [-0.4, -0.2) is 12.0 Å². The Morgan fingerprint density at radius 2 is 2.00 bits per heavy atom. The molecule has 0 unspecified atom stereocenters. The molecule has 0 aromatic heterocycles. The second-order valence-corrected chi connectivity index (χ2v) is 5.55. The second-order valence-electron chi connectivity index (χ2n) is 5.14. The molecule has 0 heterocycles. The molecule has 0 aliphatic rings. The van der Waals surface area contributed by atoms with Gasteiger partial charge >= 0.3 is 0 Å². The summed E-state index contributed by atoms with van der Waals surface area (Å²) >= 11 is 6.09. The van der Waals surface area contributed by atoms with Crippen LogP contribution in [0.5, 0.6) is 5.75 Å². The van der Waals surface area contributed by atoms with Crippen molar-refractivity contribution in [3.8, 4) is 5.75 Å². The lowest BCUT2D eigenvalue weighted by Gasteiger charge is -2.18. The van der Waals surface area contributed by atoms with E-state index in [1.54, 1.807) is 0 Å². The molecule has 0 bridgehead atoms. The second kappa shape index (κ2) is 7.85. The number of hydrogen-bond donors (Lipinski definition) is 1. The fraction of sp³-hybridized carbons (Fsp3) is 0.278. The summed E-state index contributed by atoms with van der Waals surface area (Å²) in [4.78, 5) is 12.3. The Morgan fingerprint density at radius 1 is 1.23 bits per heavy atom. The average Bonchev–Trinajstić information content (AvgIpc) is 2.51. The minimum Gasteiger partial charge on any atom is -0.481 e. The molecule has 2 aromatic carbocycles. The van der Waals surface area contributed by atoms with Gasteiger partial charge in [-0.2, -0.15) is 0 Å². The maximum Gasteiger partial charge on any atom is 0.261 e. The van der Waals surface area contributed by atoms with Crippen LogP contribution in [0.15, 0.2) is 48.5 Å². The minimum atomic E-state index is -0.510.